The lowest BCUT2D eigenvalue weighted by Crippen LogP contribution is -2.56. The molecule has 0 saturated carbocycles. The highest BCUT2D eigenvalue weighted by Crippen LogP contribution is 2.33. The number of benzene rings is 1. The first-order valence-electron chi connectivity index (χ1n) is 7.97. The van der Waals surface area contributed by atoms with Gasteiger partial charge in [-0.05, 0) is 25.0 Å². The van der Waals surface area contributed by atoms with Gasteiger partial charge >= 0.3 is 0 Å². The molecular weight excluding hydrogens is 316 g/mol. The number of para-hydroxylation sites is 1. The molecule has 0 radical (unpaired) electrons. The number of hydrogen-bond donors (Lipinski definition) is 1. The van der Waals surface area contributed by atoms with Crippen LogP contribution in [0, 0.1) is 0 Å². The average molecular weight is 341 g/mol. The van der Waals surface area contributed by atoms with Crippen molar-refractivity contribution in [3.63, 3.8) is 0 Å². The molecule has 0 aromatic heterocycles. The molecule has 6 heteroatoms. The van der Waals surface area contributed by atoms with Gasteiger partial charge in [0, 0.05) is 25.6 Å². The number of ether oxygens (including phenoxy) is 2. The van der Waals surface area contributed by atoms with Gasteiger partial charge in [-0.25, -0.2) is 0 Å². The van der Waals surface area contributed by atoms with Gasteiger partial charge in [0.2, 0.25) is 5.91 Å². The molecule has 128 valence electrons. The minimum atomic E-state index is -0.217. The number of methoxy groups -OCH3 is 1. The van der Waals surface area contributed by atoms with E-state index in [1.54, 1.807) is 7.11 Å². The van der Waals surface area contributed by atoms with Gasteiger partial charge < -0.3 is 19.7 Å². The summed E-state index contributed by atoms with van der Waals surface area (Å²) in [5, 5.41) is 3.28. The molecule has 0 bridgehead atoms. The Kier molecular flexibility index (Phi) is 6.27. The molecule has 3 rings (SSSR count). The second-order valence-electron chi connectivity index (χ2n) is 6.02. The topological polar surface area (TPSA) is 50.8 Å². The Hall–Kier alpha value is -1.30. The number of nitrogens with zero attached hydrogens (tertiary/aromatic N) is 1. The molecule has 1 aromatic carbocycles. The Balaban J connectivity index is 0.00000192. The third-order valence-corrected chi connectivity index (χ3v) is 4.66. The Morgan fingerprint density at radius 1 is 1.39 bits per heavy atom. The predicted molar refractivity (Wildman–Crippen MR) is 91.4 cm³/mol. The lowest BCUT2D eigenvalue weighted by atomic mass is 9.97. The monoisotopic (exact) mass is 340 g/mol. The number of morpholine rings is 1. The lowest BCUT2D eigenvalue weighted by Gasteiger charge is -2.32. The van der Waals surface area contributed by atoms with Crippen molar-refractivity contribution in [3.05, 3.63) is 29.8 Å². The van der Waals surface area contributed by atoms with Gasteiger partial charge in [0.1, 0.15) is 11.8 Å². The van der Waals surface area contributed by atoms with E-state index >= 15 is 0 Å². The zero-order valence-corrected chi connectivity index (χ0v) is 14.5. The minimum absolute atomic E-state index is 0. The number of hydrogen-bond acceptors (Lipinski definition) is 4. The Bertz CT molecular complexity index is 540. The van der Waals surface area contributed by atoms with Crippen LogP contribution in [0.2, 0.25) is 0 Å². The van der Waals surface area contributed by atoms with Crippen LogP contribution in [0.25, 0.3) is 0 Å². The summed E-state index contributed by atoms with van der Waals surface area (Å²) >= 11 is 0. The van der Waals surface area contributed by atoms with Gasteiger partial charge in [-0.15, -0.1) is 12.4 Å². The number of nitrogens with one attached hydrogen (secondary N) is 1. The highest BCUT2D eigenvalue weighted by molar-refractivity contribution is 5.85. The molecule has 1 aromatic rings. The predicted octanol–water partition coefficient (Wildman–Crippen LogP) is 1.81. The summed E-state index contributed by atoms with van der Waals surface area (Å²) in [5.41, 5.74) is 1.20. The van der Waals surface area contributed by atoms with Crippen molar-refractivity contribution in [2.45, 2.75) is 31.4 Å². The molecule has 2 fully saturated rings. The van der Waals surface area contributed by atoms with E-state index in [9.17, 15) is 4.79 Å². The van der Waals surface area contributed by atoms with Gasteiger partial charge in [0.15, 0.2) is 0 Å². The van der Waals surface area contributed by atoms with Crippen LogP contribution in [0.1, 0.15) is 24.8 Å². The Labute approximate surface area is 143 Å². The molecule has 2 saturated heterocycles. The average Bonchev–Trinajstić information content (AvgIpc) is 3.04. The van der Waals surface area contributed by atoms with Crippen molar-refractivity contribution in [3.8, 4) is 5.75 Å². The third-order valence-electron chi connectivity index (χ3n) is 4.66. The van der Waals surface area contributed by atoms with Crippen molar-refractivity contribution in [1.29, 1.82) is 0 Å². The molecule has 0 aliphatic carbocycles. The summed E-state index contributed by atoms with van der Waals surface area (Å²) in [6.07, 6.45) is 0.917. The zero-order chi connectivity index (χ0) is 15.5. The first kappa shape index (κ1) is 18.0. The van der Waals surface area contributed by atoms with E-state index in [2.05, 4.69) is 11.4 Å². The minimum Gasteiger partial charge on any atom is -0.496 e. The molecular formula is C17H25ClN2O3. The number of carbonyl (C=O) groups is 1. The molecule has 5 nitrogen and oxygen atoms in total. The maximum atomic E-state index is 12.7. The summed E-state index contributed by atoms with van der Waals surface area (Å²) < 4.78 is 11.0. The number of carbonyl (C=O) groups excluding carboxylic acids is 1. The smallest absolute Gasteiger partial charge is 0.242 e. The normalized spacial score (nSPS) is 27.4. The molecule has 0 spiro atoms. The number of rotatable bonds is 3. The van der Waals surface area contributed by atoms with E-state index < -0.39 is 0 Å². The fraction of sp³-hybridized carbons (Fsp3) is 0.588. The van der Waals surface area contributed by atoms with Crippen LogP contribution in [0.5, 0.6) is 5.75 Å². The quantitative estimate of drug-likeness (QED) is 0.911. The van der Waals surface area contributed by atoms with Gasteiger partial charge in [0.25, 0.3) is 0 Å². The van der Waals surface area contributed by atoms with E-state index in [0.717, 1.165) is 31.8 Å². The molecule has 2 aliphatic rings. The second kappa shape index (κ2) is 7.99. The van der Waals surface area contributed by atoms with Crippen LogP contribution in [-0.2, 0) is 9.53 Å². The largest absolute Gasteiger partial charge is 0.496 e. The van der Waals surface area contributed by atoms with Crippen LogP contribution < -0.4 is 10.1 Å². The molecule has 1 amide bonds. The van der Waals surface area contributed by atoms with E-state index in [1.165, 1.54) is 5.56 Å². The summed E-state index contributed by atoms with van der Waals surface area (Å²) in [6, 6.07) is 7.87. The lowest BCUT2D eigenvalue weighted by molar-refractivity contribution is -0.138. The van der Waals surface area contributed by atoms with Crippen molar-refractivity contribution in [2.75, 3.05) is 33.4 Å². The summed E-state index contributed by atoms with van der Waals surface area (Å²) in [5.74, 6) is 1.42. The SMILES string of the molecule is COc1ccccc1C1CCN(C(=O)[C@H]2NCCO[C@@H]2C)C1.Cl. The van der Waals surface area contributed by atoms with Crippen LogP contribution in [0.3, 0.4) is 0 Å². The van der Waals surface area contributed by atoms with E-state index in [-0.39, 0.29) is 30.5 Å². The van der Waals surface area contributed by atoms with Gasteiger partial charge in [-0.2, -0.15) is 0 Å². The van der Waals surface area contributed by atoms with E-state index in [1.807, 2.05) is 30.0 Å². The maximum absolute atomic E-state index is 12.7. The van der Waals surface area contributed by atoms with Crippen molar-refractivity contribution >= 4 is 18.3 Å². The molecule has 2 aliphatic heterocycles. The van der Waals surface area contributed by atoms with Gasteiger partial charge in [0.05, 0.1) is 19.8 Å². The van der Waals surface area contributed by atoms with Crippen molar-refractivity contribution in [1.82, 2.24) is 10.2 Å². The van der Waals surface area contributed by atoms with Gasteiger partial charge in [-0.3, -0.25) is 4.79 Å². The first-order valence-corrected chi connectivity index (χ1v) is 7.97. The van der Waals surface area contributed by atoms with Crippen LogP contribution in [-0.4, -0.2) is 56.3 Å². The summed E-state index contributed by atoms with van der Waals surface area (Å²) in [4.78, 5) is 14.7. The standard InChI is InChI=1S/C17H24N2O3.ClH/c1-12-16(18-8-10-22-12)17(20)19-9-7-13(11-19)14-5-3-4-6-15(14)21-2;/h3-6,12-13,16,18H,7-11H2,1-2H3;1H/t12-,13?,16+;/m1./s1. The molecule has 1 N–H and O–H groups in total. The number of likely N-dealkylation sites (tertiary alicyclic amines) is 1. The zero-order valence-electron chi connectivity index (χ0n) is 13.7. The van der Waals surface area contributed by atoms with Crippen LogP contribution in [0.15, 0.2) is 24.3 Å². The highest BCUT2D eigenvalue weighted by atomic mass is 35.5. The Morgan fingerprint density at radius 2 is 2.17 bits per heavy atom. The Morgan fingerprint density at radius 3 is 2.91 bits per heavy atom. The molecule has 2 heterocycles. The first-order chi connectivity index (χ1) is 10.7. The summed E-state index contributed by atoms with van der Waals surface area (Å²) in [6.45, 7) is 4.93. The second-order valence-corrected chi connectivity index (χ2v) is 6.02. The molecule has 23 heavy (non-hydrogen) atoms. The number of amides is 1. The van der Waals surface area contributed by atoms with Crippen molar-refractivity contribution in [2.24, 2.45) is 0 Å². The van der Waals surface area contributed by atoms with Gasteiger partial charge in [-0.1, -0.05) is 18.2 Å². The highest BCUT2D eigenvalue weighted by Gasteiger charge is 2.36. The van der Waals surface area contributed by atoms with Crippen LogP contribution in [0.4, 0.5) is 0 Å². The molecule has 1 unspecified atom stereocenters. The van der Waals surface area contributed by atoms with Crippen LogP contribution >= 0.6 is 12.4 Å². The van der Waals surface area contributed by atoms with E-state index in [0.29, 0.717) is 12.5 Å². The van der Waals surface area contributed by atoms with E-state index in [4.69, 9.17) is 9.47 Å². The number of halogens is 1. The fourth-order valence-electron chi connectivity index (χ4n) is 3.42. The van der Waals surface area contributed by atoms with Crippen molar-refractivity contribution < 1.29 is 14.3 Å². The maximum Gasteiger partial charge on any atom is 0.242 e. The molecule has 3 atom stereocenters. The fourth-order valence-corrected chi connectivity index (χ4v) is 3.42. The summed E-state index contributed by atoms with van der Waals surface area (Å²) in [7, 11) is 1.70. The third kappa shape index (κ3) is 3.79.